The second-order valence-electron chi connectivity index (χ2n) is 14.0. The summed E-state index contributed by atoms with van der Waals surface area (Å²) >= 11 is 0. The minimum Gasteiger partial charge on any atom is -0.628 e. The van der Waals surface area contributed by atoms with Crippen molar-refractivity contribution in [3.63, 3.8) is 0 Å². The van der Waals surface area contributed by atoms with E-state index in [4.69, 9.17) is 24.2 Å². The van der Waals surface area contributed by atoms with Crippen LogP contribution in [0.1, 0.15) is 49.9 Å². The van der Waals surface area contributed by atoms with Gasteiger partial charge in [0.25, 0.3) is 0 Å². The van der Waals surface area contributed by atoms with Crippen LogP contribution in [0.25, 0.3) is 10.9 Å². The van der Waals surface area contributed by atoms with Gasteiger partial charge in [0, 0.05) is 64.3 Å². The van der Waals surface area contributed by atoms with Crippen LogP contribution < -0.4 is 24.7 Å². The smallest absolute Gasteiger partial charge is 0.305 e. The summed E-state index contributed by atoms with van der Waals surface area (Å²) in [5, 5.41) is 15.6. The van der Waals surface area contributed by atoms with Gasteiger partial charge in [-0.1, -0.05) is 0 Å². The lowest BCUT2D eigenvalue weighted by Gasteiger charge is -2.31. The van der Waals surface area contributed by atoms with Crippen molar-refractivity contribution in [1.29, 1.82) is 0 Å². The van der Waals surface area contributed by atoms with E-state index in [1.54, 1.807) is 30.8 Å². The highest BCUT2D eigenvalue weighted by atomic mass is 32.2. The van der Waals surface area contributed by atoms with E-state index in [2.05, 4.69) is 30.1 Å². The number of hydrogen-bond donors (Lipinski definition) is 2. The van der Waals surface area contributed by atoms with Crippen molar-refractivity contribution in [2.75, 3.05) is 79.9 Å². The predicted octanol–water partition coefficient (Wildman–Crippen LogP) is 1.89. The van der Waals surface area contributed by atoms with E-state index in [0.29, 0.717) is 65.9 Å². The van der Waals surface area contributed by atoms with Crippen LogP contribution in [0.5, 0.6) is 5.88 Å². The van der Waals surface area contributed by atoms with Crippen molar-refractivity contribution >= 4 is 44.3 Å². The van der Waals surface area contributed by atoms with Crippen LogP contribution in [-0.2, 0) is 33.0 Å². The number of nitrogens with zero attached hydrogens (tertiary/aromatic N) is 9. The number of anilines is 3. The molecule has 53 heavy (non-hydrogen) atoms. The molecule has 4 aromatic rings. The molecule has 0 aromatic carbocycles. The normalized spacial score (nSPS) is 20.7. The van der Waals surface area contributed by atoms with Crippen LogP contribution in [0.3, 0.4) is 0 Å². The number of hydrogen-bond acceptors (Lipinski definition) is 14. The number of sulfonamides is 1. The molecule has 286 valence electrons. The Balaban J connectivity index is 1.07. The van der Waals surface area contributed by atoms with E-state index in [1.807, 2.05) is 18.5 Å². The Bertz CT molecular complexity index is 1940. The van der Waals surface area contributed by atoms with Gasteiger partial charge in [-0.15, -0.1) is 0 Å². The maximum Gasteiger partial charge on any atom is 0.305 e. The molecule has 18 heteroatoms. The number of rotatable bonds is 13. The maximum absolute atomic E-state index is 13.3. The summed E-state index contributed by atoms with van der Waals surface area (Å²) in [5.74, 6) is 1.99. The summed E-state index contributed by atoms with van der Waals surface area (Å²) in [7, 11) is -2.11. The van der Waals surface area contributed by atoms with E-state index in [1.165, 1.54) is 10.5 Å². The van der Waals surface area contributed by atoms with Crippen LogP contribution in [-0.4, -0.2) is 120 Å². The Labute approximate surface area is 309 Å². The molecule has 1 saturated carbocycles. The Morgan fingerprint density at radius 3 is 2.34 bits per heavy atom. The number of quaternary nitrogens is 1. The molecule has 3 N–H and O–H groups in total. The van der Waals surface area contributed by atoms with Gasteiger partial charge in [-0.2, -0.15) is 9.97 Å². The van der Waals surface area contributed by atoms with Crippen molar-refractivity contribution in [1.82, 2.24) is 34.4 Å². The molecular weight excluding hydrogens is 703 g/mol. The van der Waals surface area contributed by atoms with E-state index in [9.17, 15) is 13.6 Å². The molecule has 17 nitrogen and oxygen atoms in total. The summed E-state index contributed by atoms with van der Waals surface area (Å²) < 4.78 is 47.2. The van der Waals surface area contributed by atoms with Gasteiger partial charge in [0.05, 0.1) is 73.4 Å². The third kappa shape index (κ3) is 8.79. The Kier molecular flexibility index (Phi) is 11.5. The largest absolute Gasteiger partial charge is 0.628 e. The van der Waals surface area contributed by atoms with Gasteiger partial charge < -0.3 is 35.1 Å². The first-order valence-corrected chi connectivity index (χ1v) is 20.1. The highest BCUT2D eigenvalue weighted by Crippen LogP contribution is 2.36. The molecular formula is C35H49N11O6S. The molecule has 1 unspecified atom stereocenters. The molecule has 1 atom stereocenters. The second-order valence-corrected chi connectivity index (χ2v) is 15.8. The lowest BCUT2D eigenvalue weighted by atomic mass is 9.93. The van der Waals surface area contributed by atoms with E-state index >= 15 is 0 Å². The average Bonchev–Trinajstić information content (AvgIpc) is 3.55. The number of pyridine rings is 2. The minimum atomic E-state index is -3.80. The number of nitrogens with two attached hydrogens (primary N) is 1. The van der Waals surface area contributed by atoms with Crippen LogP contribution in [0, 0.1) is 5.21 Å². The predicted molar refractivity (Wildman–Crippen MR) is 200 cm³/mol. The first-order chi connectivity index (χ1) is 25.7. The quantitative estimate of drug-likeness (QED) is 0.188. The van der Waals surface area contributed by atoms with Gasteiger partial charge in [-0.05, 0) is 50.7 Å². The molecule has 6 heterocycles. The SMILES string of the molecule is CC(c1cnc([NH2+][O-])n1C)N(c1cnc2cc(N3CCOCC3)nc(OC3CCC(Nc4ncc(CCN5CCOCC5)cn4)CC3)c2c1)S(C)(=O)=O. The zero-order valence-electron chi connectivity index (χ0n) is 30.6. The van der Waals surface area contributed by atoms with Crippen LogP contribution in [0.2, 0.25) is 0 Å². The highest BCUT2D eigenvalue weighted by molar-refractivity contribution is 7.92. The van der Waals surface area contributed by atoms with Crippen molar-refractivity contribution < 1.29 is 28.1 Å². The van der Waals surface area contributed by atoms with Gasteiger partial charge in [-0.25, -0.2) is 18.4 Å². The number of aromatic nitrogens is 6. The molecule has 3 fully saturated rings. The zero-order chi connectivity index (χ0) is 37.0. The average molecular weight is 752 g/mol. The summed E-state index contributed by atoms with van der Waals surface area (Å²) in [4.78, 5) is 27.6. The first kappa shape index (κ1) is 37.1. The molecule has 0 bridgehead atoms. The summed E-state index contributed by atoms with van der Waals surface area (Å²) in [5.41, 5.74) is 3.32. The highest BCUT2D eigenvalue weighted by Gasteiger charge is 2.30. The molecule has 2 aliphatic heterocycles. The summed E-state index contributed by atoms with van der Waals surface area (Å²) in [6.07, 6.45) is 12.2. The Morgan fingerprint density at radius 2 is 1.68 bits per heavy atom. The van der Waals surface area contributed by atoms with Gasteiger partial charge in [0.15, 0.2) is 0 Å². The van der Waals surface area contributed by atoms with E-state index in [0.717, 1.165) is 82.6 Å². The standard InChI is InChI=1S/C35H49N11O6S/c1-24(31-23-39-35(42-47)43(31)2)46(53(3,48)49)27-18-29-30(36-22-27)19-32(45-12-16-51-17-13-45)41-33(29)52-28-6-4-26(5-7-28)40-34-37-20-25(21-38-34)8-9-44-10-14-50-15-11-44/h18-24,26,28H,4-17,42H2,1-3H3,(H,37,38,40). The first-order valence-electron chi connectivity index (χ1n) is 18.3. The van der Waals surface area contributed by atoms with E-state index in [-0.39, 0.29) is 18.1 Å². The number of fused-ring (bicyclic) bond motifs is 1. The van der Waals surface area contributed by atoms with Crippen molar-refractivity contribution in [3.05, 3.63) is 53.4 Å². The van der Waals surface area contributed by atoms with Crippen LogP contribution in [0.4, 0.5) is 23.4 Å². The summed E-state index contributed by atoms with van der Waals surface area (Å²) in [6, 6.07) is 3.22. The Morgan fingerprint density at radius 1 is 0.981 bits per heavy atom. The number of ether oxygens (including phenoxy) is 3. The molecule has 0 spiro atoms. The van der Waals surface area contributed by atoms with Gasteiger partial charge in [-0.3, -0.25) is 18.8 Å². The summed E-state index contributed by atoms with van der Waals surface area (Å²) in [6.45, 7) is 8.83. The second kappa shape index (κ2) is 16.4. The number of nitrogens with one attached hydrogen (secondary N) is 1. The van der Waals surface area contributed by atoms with Crippen LogP contribution >= 0.6 is 0 Å². The lowest BCUT2D eigenvalue weighted by Crippen LogP contribution is -2.71. The van der Waals surface area contributed by atoms with Crippen molar-refractivity contribution in [3.8, 4) is 5.88 Å². The molecule has 2 saturated heterocycles. The van der Waals surface area contributed by atoms with Crippen molar-refractivity contribution in [2.45, 2.75) is 57.2 Å². The molecule has 0 radical (unpaired) electrons. The molecule has 0 amide bonds. The molecule has 1 aliphatic carbocycles. The fraction of sp³-hybridized carbons (Fsp3) is 0.571. The topological polar surface area (TPSA) is 193 Å². The maximum atomic E-state index is 13.3. The fourth-order valence-electron chi connectivity index (χ4n) is 7.33. The van der Waals surface area contributed by atoms with E-state index < -0.39 is 16.1 Å². The molecule has 4 aromatic heterocycles. The fourth-order valence-corrected chi connectivity index (χ4v) is 8.49. The van der Waals surface area contributed by atoms with Gasteiger partial charge >= 0.3 is 5.95 Å². The number of imidazole rings is 1. The third-order valence-electron chi connectivity index (χ3n) is 10.3. The van der Waals surface area contributed by atoms with Crippen LogP contribution in [0.15, 0.2) is 36.9 Å². The third-order valence-corrected chi connectivity index (χ3v) is 11.6. The Hall–Kier alpha value is -4.20. The lowest BCUT2D eigenvalue weighted by molar-refractivity contribution is -0.507. The molecule has 7 rings (SSSR count). The van der Waals surface area contributed by atoms with Gasteiger partial charge in [0.2, 0.25) is 21.9 Å². The monoisotopic (exact) mass is 751 g/mol. The van der Waals surface area contributed by atoms with Gasteiger partial charge in [0.1, 0.15) is 11.9 Å². The zero-order valence-corrected chi connectivity index (χ0v) is 31.4. The minimum absolute atomic E-state index is 0.100. The molecule has 3 aliphatic rings. The van der Waals surface area contributed by atoms with Crippen molar-refractivity contribution in [2.24, 2.45) is 7.05 Å². The number of morpholine rings is 2.